The van der Waals surface area contributed by atoms with E-state index in [1.54, 1.807) is 12.1 Å². The predicted octanol–water partition coefficient (Wildman–Crippen LogP) is 2.95. The Bertz CT molecular complexity index is 1290. The minimum Gasteiger partial charge on any atom is -0.490 e. The van der Waals surface area contributed by atoms with Gasteiger partial charge in [-0.15, -0.1) is 0 Å². The van der Waals surface area contributed by atoms with E-state index in [2.05, 4.69) is 0 Å². The van der Waals surface area contributed by atoms with E-state index in [-0.39, 0.29) is 46.2 Å². The Morgan fingerprint density at radius 3 is 2.34 bits per heavy atom. The number of nitrogens with zero attached hydrogens (tertiary/aromatic N) is 2. The number of Topliss-reactive ketones (excluding diaryl/α,β-unsaturated/α-hetero) is 1. The molecule has 0 spiro atoms. The molecule has 2 bridgehead atoms. The van der Waals surface area contributed by atoms with Gasteiger partial charge >= 0.3 is 11.7 Å². The van der Waals surface area contributed by atoms with Gasteiger partial charge in [0.25, 0.3) is 0 Å². The minimum absolute atomic E-state index is 0.00850. The van der Waals surface area contributed by atoms with Crippen molar-refractivity contribution in [1.29, 1.82) is 0 Å². The average Bonchev–Trinajstić information content (AvgIpc) is 3.55. The second-order valence-corrected chi connectivity index (χ2v) is 8.67. The molecule has 1 saturated carbocycles. The highest BCUT2D eigenvalue weighted by atomic mass is 16.6. The lowest BCUT2D eigenvalue weighted by Gasteiger charge is -2.19. The second-order valence-electron chi connectivity index (χ2n) is 8.67. The standard InChI is InChI=1S/C25H20N2O8/c1-34-20-9-8-13(11-18(20)27(32)33)19(28)12-35-25(31)16-4-2-3-5-17(16)26-23(29)21-14-6-7-15(10-14)22(21)24(26)30/h2-9,11,14-15,21-22H,10,12H2,1H3/t14-,15-,21+,22+/m0/s1. The molecule has 5 rings (SSSR count). The second kappa shape index (κ2) is 8.46. The van der Waals surface area contributed by atoms with Crippen LogP contribution in [0.2, 0.25) is 0 Å². The number of imide groups is 1. The monoisotopic (exact) mass is 476 g/mol. The summed E-state index contributed by atoms with van der Waals surface area (Å²) in [5.74, 6) is -3.03. The van der Waals surface area contributed by atoms with Gasteiger partial charge in [0.15, 0.2) is 12.4 Å². The maximum Gasteiger partial charge on any atom is 0.340 e. The first-order chi connectivity index (χ1) is 16.8. The first-order valence-corrected chi connectivity index (χ1v) is 11.0. The summed E-state index contributed by atoms with van der Waals surface area (Å²) in [5.41, 5.74) is -0.328. The van der Waals surface area contributed by atoms with E-state index in [1.807, 2.05) is 12.2 Å². The highest BCUT2D eigenvalue weighted by Gasteiger charge is 2.59. The number of ketones is 1. The van der Waals surface area contributed by atoms with Crippen LogP contribution >= 0.6 is 0 Å². The van der Waals surface area contributed by atoms with Crippen LogP contribution in [0.15, 0.2) is 54.6 Å². The van der Waals surface area contributed by atoms with Gasteiger partial charge in [0.2, 0.25) is 17.6 Å². The van der Waals surface area contributed by atoms with Crippen molar-refractivity contribution < 1.29 is 33.6 Å². The maximum atomic E-state index is 13.2. The highest BCUT2D eigenvalue weighted by molar-refractivity contribution is 6.24. The Morgan fingerprint density at radius 1 is 1.06 bits per heavy atom. The van der Waals surface area contributed by atoms with Gasteiger partial charge in [0.05, 0.1) is 35.1 Å². The molecule has 0 N–H and O–H groups in total. The molecule has 0 radical (unpaired) electrons. The fraction of sp³-hybridized carbons (Fsp3) is 0.280. The maximum absolute atomic E-state index is 13.2. The summed E-state index contributed by atoms with van der Waals surface area (Å²) in [6, 6.07) is 9.75. The van der Waals surface area contributed by atoms with Crippen molar-refractivity contribution in [3.8, 4) is 5.75 Å². The van der Waals surface area contributed by atoms with Gasteiger partial charge in [-0.2, -0.15) is 0 Å². The zero-order valence-corrected chi connectivity index (χ0v) is 18.6. The summed E-state index contributed by atoms with van der Waals surface area (Å²) >= 11 is 0. The van der Waals surface area contributed by atoms with Crippen molar-refractivity contribution >= 4 is 34.9 Å². The molecule has 1 aliphatic heterocycles. The van der Waals surface area contributed by atoms with Crippen LogP contribution in [-0.4, -0.2) is 42.2 Å². The van der Waals surface area contributed by atoms with Crippen LogP contribution < -0.4 is 9.64 Å². The Morgan fingerprint density at radius 2 is 1.71 bits per heavy atom. The minimum atomic E-state index is -0.893. The van der Waals surface area contributed by atoms with Crippen molar-refractivity contribution in [3.63, 3.8) is 0 Å². The average molecular weight is 476 g/mol. The molecule has 1 saturated heterocycles. The summed E-state index contributed by atoms with van der Waals surface area (Å²) in [5, 5.41) is 11.2. The lowest BCUT2D eigenvalue weighted by Crippen LogP contribution is -2.34. The molecule has 2 fully saturated rings. The van der Waals surface area contributed by atoms with Gasteiger partial charge in [-0.1, -0.05) is 24.3 Å². The van der Waals surface area contributed by atoms with Gasteiger partial charge in [-0.3, -0.25) is 24.5 Å². The van der Waals surface area contributed by atoms with E-state index < -0.39 is 40.8 Å². The zero-order chi connectivity index (χ0) is 24.9. The number of nitro groups is 1. The van der Waals surface area contributed by atoms with Gasteiger partial charge in [0.1, 0.15) is 0 Å². The summed E-state index contributed by atoms with van der Waals surface area (Å²) in [4.78, 5) is 63.3. The third-order valence-electron chi connectivity index (χ3n) is 6.87. The third kappa shape index (κ3) is 3.58. The quantitative estimate of drug-likeness (QED) is 0.149. The molecule has 0 unspecified atom stereocenters. The largest absolute Gasteiger partial charge is 0.490 e. The number of hydrogen-bond acceptors (Lipinski definition) is 8. The number of hydrogen-bond donors (Lipinski definition) is 0. The summed E-state index contributed by atoms with van der Waals surface area (Å²) in [6.07, 6.45) is 4.75. The molecule has 2 aliphatic carbocycles. The first kappa shape index (κ1) is 22.5. The predicted molar refractivity (Wildman–Crippen MR) is 121 cm³/mol. The number of rotatable bonds is 7. The van der Waals surface area contributed by atoms with E-state index in [1.165, 1.54) is 31.4 Å². The number of para-hydroxylation sites is 1. The lowest BCUT2D eigenvalue weighted by atomic mass is 9.85. The van der Waals surface area contributed by atoms with E-state index in [9.17, 15) is 29.3 Å². The van der Waals surface area contributed by atoms with Gasteiger partial charge in [0, 0.05) is 11.6 Å². The molecule has 178 valence electrons. The van der Waals surface area contributed by atoms with Crippen LogP contribution in [-0.2, 0) is 14.3 Å². The van der Waals surface area contributed by atoms with Gasteiger partial charge < -0.3 is 9.47 Å². The van der Waals surface area contributed by atoms with Crippen LogP contribution in [0.1, 0.15) is 27.1 Å². The number of carbonyl (C=O) groups is 4. The first-order valence-electron chi connectivity index (χ1n) is 11.0. The Balaban J connectivity index is 1.34. The number of allylic oxidation sites excluding steroid dienone is 2. The number of carbonyl (C=O) groups excluding carboxylic acids is 4. The summed E-state index contributed by atoms with van der Waals surface area (Å²) in [6.45, 7) is -0.683. The lowest BCUT2D eigenvalue weighted by molar-refractivity contribution is -0.385. The van der Waals surface area contributed by atoms with Crippen molar-refractivity contribution in [2.45, 2.75) is 6.42 Å². The number of amides is 2. The SMILES string of the molecule is COc1ccc(C(=O)COC(=O)c2ccccc2N2C(=O)[C@H]3[C@H](C2=O)[C@H]2C=C[C@H]3C2)cc1[N+](=O)[O-]. The third-order valence-corrected chi connectivity index (χ3v) is 6.87. The topological polar surface area (TPSA) is 133 Å². The smallest absolute Gasteiger partial charge is 0.340 e. The van der Waals surface area contributed by atoms with Crippen molar-refractivity contribution in [2.75, 3.05) is 18.6 Å². The number of fused-ring (bicyclic) bond motifs is 5. The van der Waals surface area contributed by atoms with Crippen LogP contribution in [0.4, 0.5) is 11.4 Å². The number of esters is 1. The van der Waals surface area contributed by atoms with Crippen LogP contribution in [0, 0.1) is 33.8 Å². The van der Waals surface area contributed by atoms with Gasteiger partial charge in [-0.05, 0) is 42.5 Å². The van der Waals surface area contributed by atoms with E-state index in [0.29, 0.717) is 0 Å². The molecule has 10 heteroatoms. The molecule has 1 heterocycles. The Labute approximate surface area is 199 Å². The molecule has 4 atom stereocenters. The van der Waals surface area contributed by atoms with E-state index >= 15 is 0 Å². The molecule has 2 amide bonds. The fourth-order valence-corrected chi connectivity index (χ4v) is 5.28. The zero-order valence-electron chi connectivity index (χ0n) is 18.6. The Kier molecular flexibility index (Phi) is 5.43. The van der Waals surface area contributed by atoms with Crippen molar-refractivity contribution in [2.24, 2.45) is 23.7 Å². The van der Waals surface area contributed by atoms with Crippen LogP contribution in [0.3, 0.4) is 0 Å². The molecule has 10 nitrogen and oxygen atoms in total. The van der Waals surface area contributed by atoms with E-state index in [0.717, 1.165) is 17.4 Å². The molecular formula is C25H20N2O8. The molecular weight excluding hydrogens is 456 g/mol. The summed E-state index contributed by atoms with van der Waals surface area (Å²) in [7, 11) is 1.27. The number of anilines is 1. The molecule has 35 heavy (non-hydrogen) atoms. The van der Waals surface area contributed by atoms with Crippen LogP contribution in [0.25, 0.3) is 0 Å². The molecule has 2 aromatic carbocycles. The van der Waals surface area contributed by atoms with Crippen LogP contribution in [0.5, 0.6) is 5.75 Å². The fourth-order valence-electron chi connectivity index (χ4n) is 5.28. The molecule has 0 aromatic heterocycles. The number of ether oxygens (including phenoxy) is 2. The number of nitro benzene ring substituents is 1. The number of benzene rings is 2. The van der Waals surface area contributed by atoms with E-state index in [4.69, 9.17) is 9.47 Å². The number of methoxy groups -OCH3 is 1. The van der Waals surface area contributed by atoms with Crippen molar-refractivity contribution in [3.05, 3.63) is 75.9 Å². The Hall–Kier alpha value is -4.34. The molecule has 2 aromatic rings. The summed E-state index contributed by atoms with van der Waals surface area (Å²) < 4.78 is 10.1. The highest BCUT2D eigenvalue weighted by Crippen LogP contribution is 2.53. The normalized spacial score (nSPS) is 24.0. The van der Waals surface area contributed by atoms with Gasteiger partial charge in [-0.25, -0.2) is 9.69 Å². The molecule has 3 aliphatic rings. The van der Waals surface area contributed by atoms with Crippen molar-refractivity contribution in [1.82, 2.24) is 0 Å².